The molecule has 1 aromatic heterocycles. The normalized spacial score (nSPS) is 17.3. The van der Waals surface area contributed by atoms with Gasteiger partial charge in [-0.15, -0.1) is 4.37 Å². The number of hydrogen-bond acceptors (Lipinski definition) is 11. The van der Waals surface area contributed by atoms with Crippen LogP contribution in [0.15, 0.2) is 0 Å². The highest BCUT2D eigenvalue weighted by Crippen LogP contribution is 2.29. The maximum Gasteiger partial charge on any atom is 0.347 e. The largest absolute Gasteiger partial charge is 0.470 e. The zero-order valence-electron chi connectivity index (χ0n) is 23.1. The van der Waals surface area contributed by atoms with Crippen molar-refractivity contribution in [1.29, 1.82) is 0 Å². The third-order valence-corrected chi connectivity index (χ3v) is 6.53. The Bertz CT molecular complexity index is 835. The van der Waals surface area contributed by atoms with Crippen molar-refractivity contribution in [3.8, 4) is 5.88 Å². The maximum atomic E-state index is 12.9. The first-order valence-corrected chi connectivity index (χ1v) is 13.5. The second-order valence-electron chi connectivity index (χ2n) is 11.1. The van der Waals surface area contributed by atoms with Crippen LogP contribution in [0.2, 0.25) is 0 Å². The number of carbonyl (C=O) groups is 2. The standard InChI is InChI=1S/C25H44N4O6S/c1-9-17(2)14-25(7,8)23(31)34-18(3)22(30)35-19(15-26-24(4,5)6)16-33-21-20(27-36-28-21)29-10-12-32-13-11-29/h17-19,26H,9-16H2,1-8H3/t17?,18-,19-/m0/s1. The molecule has 0 aromatic carbocycles. The summed E-state index contributed by atoms with van der Waals surface area (Å²) in [6.45, 7) is 18.6. The van der Waals surface area contributed by atoms with Crippen LogP contribution in [0.1, 0.15) is 68.2 Å². The number of morpholine rings is 1. The molecule has 1 N–H and O–H groups in total. The van der Waals surface area contributed by atoms with Crippen LogP contribution in [0.4, 0.5) is 5.82 Å². The van der Waals surface area contributed by atoms with Crippen LogP contribution in [-0.4, -0.2) is 77.9 Å². The zero-order chi connectivity index (χ0) is 26.9. The van der Waals surface area contributed by atoms with Gasteiger partial charge in [0, 0.05) is 25.2 Å². The number of aromatic nitrogens is 2. The van der Waals surface area contributed by atoms with Crippen LogP contribution in [0.25, 0.3) is 0 Å². The van der Waals surface area contributed by atoms with Crippen molar-refractivity contribution in [3.05, 3.63) is 0 Å². The lowest BCUT2D eigenvalue weighted by Crippen LogP contribution is -2.45. The molecule has 2 rings (SSSR count). The van der Waals surface area contributed by atoms with Gasteiger partial charge in [-0.1, -0.05) is 20.3 Å². The Kier molecular flexibility index (Phi) is 11.4. The van der Waals surface area contributed by atoms with Crippen LogP contribution in [0, 0.1) is 11.3 Å². The SMILES string of the molecule is CCC(C)CC(C)(C)C(=O)O[C@@H](C)C(=O)O[C@@H](CNC(C)(C)C)COc1nsnc1N1CCOCC1. The number of nitrogens with one attached hydrogen (secondary N) is 1. The van der Waals surface area contributed by atoms with Gasteiger partial charge < -0.3 is 29.2 Å². The number of hydrogen-bond donors (Lipinski definition) is 1. The molecule has 10 nitrogen and oxygen atoms in total. The number of ether oxygens (including phenoxy) is 4. The first-order valence-electron chi connectivity index (χ1n) is 12.8. The highest BCUT2D eigenvalue weighted by atomic mass is 32.1. The van der Waals surface area contributed by atoms with E-state index >= 15 is 0 Å². The number of nitrogens with zero attached hydrogens (tertiary/aromatic N) is 3. The van der Waals surface area contributed by atoms with Gasteiger partial charge in [-0.25, -0.2) is 4.79 Å². The van der Waals surface area contributed by atoms with Gasteiger partial charge >= 0.3 is 11.9 Å². The summed E-state index contributed by atoms with van der Waals surface area (Å²) in [4.78, 5) is 27.7. The Morgan fingerprint density at radius 3 is 2.39 bits per heavy atom. The summed E-state index contributed by atoms with van der Waals surface area (Å²) in [6.07, 6.45) is 0.00259. The van der Waals surface area contributed by atoms with Crippen LogP contribution in [0.3, 0.4) is 0 Å². The molecular formula is C25H44N4O6S. The Morgan fingerprint density at radius 2 is 1.78 bits per heavy atom. The van der Waals surface area contributed by atoms with Crippen molar-refractivity contribution in [1.82, 2.24) is 14.1 Å². The van der Waals surface area contributed by atoms with E-state index in [0.717, 1.165) is 18.1 Å². The summed E-state index contributed by atoms with van der Waals surface area (Å²) in [5.41, 5.74) is -0.877. The van der Waals surface area contributed by atoms with Crippen LogP contribution >= 0.6 is 11.7 Å². The smallest absolute Gasteiger partial charge is 0.347 e. The van der Waals surface area contributed by atoms with Gasteiger partial charge in [-0.3, -0.25) is 4.79 Å². The molecule has 0 spiro atoms. The van der Waals surface area contributed by atoms with Crippen LogP contribution in [0.5, 0.6) is 5.88 Å². The lowest BCUT2D eigenvalue weighted by molar-refractivity contribution is -0.176. The predicted molar refractivity (Wildman–Crippen MR) is 139 cm³/mol. The maximum absolute atomic E-state index is 12.9. The van der Waals surface area contributed by atoms with Crippen molar-refractivity contribution in [2.45, 2.75) is 86.0 Å². The average Bonchev–Trinajstić information content (AvgIpc) is 3.28. The summed E-state index contributed by atoms with van der Waals surface area (Å²) >= 11 is 1.07. The average molecular weight is 529 g/mol. The molecular weight excluding hydrogens is 484 g/mol. The topological polar surface area (TPSA) is 112 Å². The monoisotopic (exact) mass is 528 g/mol. The molecule has 0 radical (unpaired) electrons. The molecule has 1 aliphatic rings. The molecule has 1 aliphatic heterocycles. The molecule has 0 saturated carbocycles. The molecule has 0 bridgehead atoms. The molecule has 1 fully saturated rings. The minimum Gasteiger partial charge on any atom is -0.470 e. The number of esters is 2. The fourth-order valence-electron chi connectivity index (χ4n) is 3.69. The third-order valence-electron chi connectivity index (χ3n) is 6.03. The number of rotatable bonds is 13. The Balaban J connectivity index is 2.00. The summed E-state index contributed by atoms with van der Waals surface area (Å²) in [6, 6.07) is 0. The fourth-order valence-corrected chi connectivity index (χ4v) is 4.21. The highest BCUT2D eigenvalue weighted by molar-refractivity contribution is 6.99. The molecule has 2 heterocycles. The Morgan fingerprint density at radius 1 is 1.11 bits per heavy atom. The summed E-state index contributed by atoms with van der Waals surface area (Å²) in [5, 5.41) is 3.34. The van der Waals surface area contributed by atoms with Gasteiger partial charge in [-0.2, -0.15) is 4.37 Å². The molecule has 0 amide bonds. The molecule has 1 unspecified atom stereocenters. The van der Waals surface area contributed by atoms with E-state index in [0.29, 0.717) is 56.9 Å². The van der Waals surface area contributed by atoms with E-state index in [1.54, 1.807) is 0 Å². The molecule has 0 aliphatic carbocycles. The third kappa shape index (κ3) is 9.82. The van der Waals surface area contributed by atoms with Gasteiger partial charge in [0.15, 0.2) is 6.10 Å². The van der Waals surface area contributed by atoms with Crippen LogP contribution in [-0.2, 0) is 23.8 Å². The van der Waals surface area contributed by atoms with E-state index in [9.17, 15) is 9.59 Å². The second kappa shape index (κ2) is 13.5. The minimum atomic E-state index is -1.03. The minimum absolute atomic E-state index is 0.0811. The predicted octanol–water partition coefficient (Wildman–Crippen LogP) is 3.45. The van der Waals surface area contributed by atoms with E-state index in [4.69, 9.17) is 18.9 Å². The van der Waals surface area contributed by atoms with E-state index in [1.807, 2.05) is 34.6 Å². The van der Waals surface area contributed by atoms with E-state index in [2.05, 4.69) is 32.8 Å². The Labute approximate surface area is 219 Å². The van der Waals surface area contributed by atoms with Gasteiger partial charge in [0.1, 0.15) is 12.7 Å². The van der Waals surface area contributed by atoms with Crippen molar-refractivity contribution in [2.75, 3.05) is 44.4 Å². The van der Waals surface area contributed by atoms with E-state index < -0.39 is 29.6 Å². The number of carbonyl (C=O) groups excluding carboxylic acids is 2. The van der Waals surface area contributed by atoms with Crippen molar-refractivity contribution in [2.24, 2.45) is 11.3 Å². The van der Waals surface area contributed by atoms with Gasteiger partial charge in [-0.05, 0) is 53.9 Å². The second-order valence-corrected chi connectivity index (χ2v) is 11.7. The molecule has 36 heavy (non-hydrogen) atoms. The Hall–Kier alpha value is -1.98. The fraction of sp³-hybridized carbons (Fsp3) is 0.840. The van der Waals surface area contributed by atoms with Crippen molar-refractivity contribution >= 4 is 29.5 Å². The quantitative estimate of drug-likeness (QED) is 0.382. The summed E-state index contributed by atoms with van der Waals surface area (Å²) in [5.74, 6) is 0.434. The molecule has 1 aromatic rings. The summed E-state index contributed by atoms with van der Waals surface area (Å²) in [7, 11) is 0. The summed E-state index contributed by atoms with van der Waals surface area (Å²) < 4.78 is 31.2. The highest BCUT2D eigenvalue weighted by Gasteiger charge is 2.34. The molecule has 3 atom stereocenters. The van der Waals surface area contributed by atoms with Gasteiger partial charge in [0.25, 0.3) is 5.88 Å². The van der Waals surface area contributed by atoms with Gasteiger partial charge in [0.05, 0.1) is 30.4 Å². The molecule has 11 heteroatoms. The molecule has 206 valence electrons. The van der Waals surface area contributed by atoms with Crippen molar-refractivity contribution < 1.29 is 28.5 Å². The number of anilines is 1. The first-order chi connectivity index (χ1) is 16.8. The molecule has 1 saturated heterocycles. The lowest BCUT2D eigenvalue weighted by Gasteiger charge is -2.29. The van der Waals surface area contributed by atoms with E-state index in [-0.39, 0.29) is 12.1 Å². The lowest BCUT2D eigenvalue weighted by atomic mass is 9.82. The van der Waals surface area contributed by atoms with E-state index in [1.165, 1.54) is 6.92 Å². The zero-order valence-corrected chi connectivity index (χ0v) is 23.9. The first kappa shape index (κ1) is 30.2. The van der Waals surface area contributed by atoms with Crippen molar-refractivity contribution in [3.63, 3.8) is 0 Å². The van der Waals surface area contributed by atoms with Crippen LogP contribution < -0.4 is 15.0 Å². The van der Waals surface area contributed by atoms with Gasteiger partial charge in [0.2, 0.25) is 5.82 Å².